The second-order valence-electron chi connectivity index (χ2n) is 6.73. The predicted octanol–water partition coefficient (Wildman–Crippen LogP) is 3.85. The molecule has 2 rings (SSSR count). The molecule has 7 heteroatoms. The molecular weight excluding hydrogens is 364 g/mol. The molecule has 0 aliphatic heterocycles. The fourth-order valence-corrected chi connectivity index (χ4v) is 2.84. The molecule has 4 N–H and O–H groups in total. The molecule has 0 spiro atoms. The van der Waals surface area contributed by atoms with E-state index >= 15 is 0 Å². The van der Waals surface area contributed by atoms with Gasteiger partial charge in [-0.2, -0.15) is 0 Å². The van der Waals surface area contributed by atoms with Crippen molar-refractivity contribution >= 4 is 11.9 Å². The molecule has 0 aliphatic carbocycles. The molecule has 0 radical (unpaired) electrons. The first kappa shape index (κ1) is 20.8. The fourth-order valence-electron chi connectivity index (χ4n) is 2.84. The van der Waals surface area contributed by atoms with Crippen molar-refractivity contribution in [2.24, 2.45) is 0 Å². The molecule has 0 amide bonds. The van der Waals surface area contributed by atoms with Crippen LogP contribution >= 0.6 is 0 Å². The number of phenols is 3. The topological polar surface area (TPSA) is 124 Å². The fraction of sp³-hybridized carbons (Fsp3) is 0.238. The number of phenolic OH excluding ortho intramolecular Hbond substituents is 2. The third kappa shape index (κ3) is 4.25. The molecule has 0 bridgehead atoms. The highest BCUT2D eigenvalue weighted by atomic mass is 16.5. The average molecular weight is 386 g/mol. The smallest absolute Gasteiger partial charge is 0.347 e. The molecule has 28 heavy (non-hydrogen) atoms. The molecule has 0 atom stereocenters. The van der Waals surface area contributed by atoms with Gasteiger partial charge >= 0.3 is 11.9 Å². The lowest BCUT2D eigenvalue weighted by atomic mass is 9.99. The zero-order valence-electron chi connectivity index (χ0n) is 16.0. The normalized spacial score (nSPS) is 10.4. The van der Waals surface area contributed by atoms with Crippen LogP contribution in [0, 0.1) is 13.8 Å². The van der Waals surface area contributed by atoms with Gasteiger partial charge in [0, 0.05) is 11.6 Å². The highest BCUT2D eigenvalue weighted by molar-refractivity contribution is 5.97. The Morgan fingerprint density at radius 3 is 2.14 bits per heavy atom. The first-order valence-corrected chi connectivity index (χ1v) is 8.49. The number of ether oxygens (including phenoxy) is 1. The van der Waals surface area contributed by atoms with Gasteiger partial charge in [0.05, 0.1) is 0 Å². The summed E-state index contributed by atoms with van der Waals surface area (Å²) in [5, 5.41) is 39.3. The molecule has 0 saturated carbocycles. The van der Waals surface area contributed by atoms with Crippen molar-refractivity contribution in [3.8, 4) is 23.0 Å². The maximum atomic E-state index is 12.6. The molecule has 0 fully saturated rings. The molecule has 2 aromatic rings. The predicted molar refractivity (Wildman–Crippen MR) is 102 cm³/mol. The number of aryl methyl sites for hydroxylation is 2. The van der Waals surface area contributed by atoms with E-state index in [9.17, 15) is 30.0 Å². The number of aromatic hydroxyl groups is 3. The Hall–Kier alpha value is -3.48. The van der Waals surface area contributed by atoms with E-state index in [1.165, 1.54) is 26.0 Å². The summed E-state index contributed by atoms with van der Waals surface area (Å²) in [6.07, 6.45) is 1.91. The number of allylic oxidation sites excluding steroid dienone is 2. The van der Waals surface area contributed by atoms with E-state index in [0.717, 1.165) is 11.6 Å². The van der Waals surface area contributed by atoms with Gasteiger partial charge in [-0.1, -0.05) is 11.6 Å². The van der Waals surface area contributed by atoms with Crippen LogP contribution in [0.1, 0.15) is 51.3 Å². The largest absolute Gasteiger partial charge is 0.508 e. The van der Waals surface area contributed by atoms with Gasteiger partial charge in [-0.05, 0) is 57.4 Å². The quantitative estimate of drug-likeness (QED) is 0.349. The molecule has 0 aromatic heterocycles. The minimum atomic E-state index is -1.29. The van der Waals surface area contributed by atoms with Gasteiger partial charge in [-0.15, -0.1) is 0 Å². The van der Waals surface area contributed by atoms with Crippen molar-refractivity contribution in [2.45, 2.75) is 34.1 Å². The Labute approximate surface area is 162 Å². The number of esters is 1. The van der Waals surface area contributed by atoms with Crippen LogP contribution in [0.5, 0.6) is 23.0 Å². The van der Waals surface area contributed by atoms with Crippen molar-refractivity contribution in [1.82, 2.24) is 0 Å². The molecule has 7 nitrogen and oxygen atoms in total. The number of benzene rings is 2. The van der Waals surface area contributed by atoms with E-state index in [1.807, 2.05) is 13.8 Å². The number of carbonyl (C=O) groups is 2. The van der Waals surface area contributed by atoms with Crippen molar-refractivity contribution < 1.29 is 34.8 Å². The van der Waals surface area contributed by atoms with Crippen LogP contribution in [-0.4, -0.2) is 32.4 Å². The molecule has 0 heterocycles. The van der Waals surface area contributed by atoms with E-state index in [-0.39, 0.29) is 40.2 Å². The summed E-state index contributed by atoms with van der Waals surface area (Å²) in [4.78, 5) is 24.1. The summed E-state index contributed by atoms with van der Waals surface area (Å²) in [5.74, 6) is -3.31. The maximum absolute atomic E-state index is 12.6. The molecular formula is C21H22O7. The highest BCUT2D eigenvalue weighted by Crippen LogP contribution is 2.36. The number of carboxylic acids is 1. The SMILES string of the molecule is CC(C)=CCc1c(OC(=O)c2c(C)cc(O)cc2O)cc(C)c(C(=O)O)c1O. The summed E-state index contributed by atoms with van der Waals surface area (Å²) < 4.78 is 5.40. The van der Waals surface area contributed by atoms with Crippen LogP contribution < -0.4 is 4.74 Å². The summed E-state index contributed by atoms with van der Waals surface area (Å²) in [5.41, 5.74) is 1.21. The zero-order valence-corrected chi connectivity index (χ0v) is 16.0. The van der Waals surface area contributed by atoms with Gasteiger partial charge in [0.15, 0.2) is 0 Å². The number of rotatable bonds is 5. The van der Waals surface area contributed by atoms with Gasteiger partial charge in [0.25, 0.3) is 0 Å². The summed E-state index contributed by atoms with van der Waals surface area (Å²) in [6, 6.07) is 3.68. The Morgan fingerprint density at radius 2 is 1.61 bits per heavy atom. The second-order valence-corrected chi connectivity index (χ2v) is 6.73. The maximum Gasteiger partial charge on any atom is 0.347 e. The lowest BCUT2D eigenvalue weighted by Gasteiger charge is -2.16. The molecule has 0 saturated heterocycles. The van der Waals surface area contributed by atoms with E-state index < -0.39 is 23.4 Å². The van der Waals surface area contributed by atoms with E-state index in [0.29, 0.717) is 5.56 Å². The van der Waals surface area contributed by atoms with Crippen molar-refractivity contribution in [1.29, 1.82) is 0 Å². The van der Waals surface area contributed by atoms with Crippen LogP contribution in [0.2, 0.25) is 0 Å². The van der Waals surface area contributed by atoms with Gasteiger partial charge < -0.3 is 25.2 Å². The van der Waals surface area contributed by atoms with Crippen LogP contribution in [0.3, 0.4) is 0 Å². The third-order valence-corrected chi connectivity index (χ3v) is 4.20. The molecule has 2 aromatic carbocycles. The van der Waals surface area contributed by atoms with Crippen LogP contribution in [-0.2, 0) is 6.42 Å². The Bertz CT molecular complexity index is 960. The Morgan fingerprint density at radius 1 is 1.00 bits per heavy atom. The first-order valence-electron chi connectivity index (χ1n) is 8.49. The summed E-state index contributed by atoms with van der Waals surface area (Å²) >= 11 is 0. The number of aromatic carboxylic acids is 1. The average Bonchev–Trinajstić information content (AvgIpc) is 2.52. The van der Waals surface area contributed by atoms with E-state index in [1.54, 1.807) is 6.08 Å². The van der Waals surface area contributed by atoms with Gasteiger partial charge in [0.1, 0.15) is 34.1 Å². The second kappa shape index (κ2) is 8.04. The minimum absolute atomic E-state index is 0.00521. The number of hydrogen-bond donors (Lipinski definition) is 4. The van der Waals surface area contributed by atoms with E-state index in [4.69, 9.17) is 4.74 Å². The van der Waals surface area contributed by atoms with Crippen LogP contribution in [0.15, 0.2) is 29.8 Å². The minimum Gasteiger partial charge on any atom is -0.508 e. The van der Waals surface area contributed by atoms with Crippen LogP contribution in [0.4, 0.5) is 0 Å². The Balaban J connectivity index is 2.57. The van der Waals surface area contributed by atoms with Crippen molar-refractivity contribution in [3.05, 3.63) is 57.7 Å². The third-order valence-electron chi connectivity index (χ3n) is 4.20. The number of carboxylic acid groups (broad SMARTS) is 1. The number of hydrogen-bond acceptors (Lipinski definition) is 6. The number of carbonyl (C=O) groups excluding carboxylic acids is 1. The van der Waals surface area contributed by atoms with E-state index in [2.05, 4.69) is 0 Å². The zero-order chi connectivity index (χ0) is 21.2. The van der Waals surface area contributed by atoms with Crippen molar-refractivity contribution in [3.63, 3.8) is 0 Å². The highest BCUT2D eigenvalue weighted by Gasteiger charge is 2.24. The first-order chi connectivity index (χ1) is 13.0. The summed E-state index contributed by atoms with van der Waals surface area (Å²) in [7, 11) is 0. The molecule has 0 unspecified atom stereocenters. The molecule has 0 aliphatic rings. The standard InChI is InChI=1S/C21H22O7/c1-10(2)5-6-14-16(8-12(4)18(19(14)24)20(25)26)28-21(27)17-11(3)7-13(22)9-15(17)23/h5,7-9,22-24H,6H2,1-4H3,(H,25,26). The summed E-state index contributed by atoms with van der Waals surface area (Å²) in [6.45, 7) is 6.69. The van der Waals surface area contributed by atoms with Gasteiger partial charge in [0.2, 0.25) is 0 Å². The van der Waals surface area contributed by atoms with Crippen molar-refractivity contribution in [2.75, 3.05) is 0 Å². The monoisotopic (exact) mass is 386 g/mol. The molecule has 148 valence electrons. The van der Waals surface area contributed by atoms with Gasteiger partial charge in [-0.3, -0.25) is 0 Å². The van der Waals surface area contributed by atoms with Gasteiger partial charge in [-0.25, -0.2) is 9.59 Å². The lowest BCUT2D eigenvalue weighted by molar-refractivity contribution is 0.0692. The van der Waals surface area contributed by atoms with Crippen LogP contribution in [0.25, 0.3) is 0 Å². The Kier molecular flexibility index (Phi) is 5.98. The lowest BCUT2D eigenvalue weighted by Crippen LogP contribution is -2.13.